The van der Waals surface area contributed by atoms with Crippen LogP contribution in [-0.4, -0.2) is 32.2 Å². The molecule has 0 bridgehead atoms. The molecule has 0 saturated heterocycles. The van der Waals surface area contributed by atoms with Crippen LogP contribution in [0, 0.1) is 5.41 Å². The maximum Gasteiger partial charge on any atom is 0.271 e. The number of amides is 1. The predicted molar refractivity (Wildman–Crippen MR) is 75.3 cm³/mol. The summed E-state index contributed by atoms with van der Waals surface area (Å²) in [6.07, 6.45) is 4.50. The first-order valence-corrected chi connectivity index (χ1v) is 6.88. The van der Waals surface area contributed by atoms with Crippen molar-refractivity contribution < 1.29 is 4.79 Å². The highest BCUT2D eigenvalue weighted by atomic mass is 16.1. The van der Waals surface area contributed by atoms with Gasteiger partial charge in [-0.15, -0.1) is 0 Å². The molecule has 6 heteroatoms. The van der Waals surface area contributed by atoms with Crippen LogP contribution >= 0.6 is 0 Å². The molecule has 0 spiro atoms. The van der Waals surface area contributed by atoms with Crippen LogP contribution in [0.5, 0.6) is 0 Å². The summed E-state index contributed by atoms with van der Waals surface area (Å²) in [5, 5.41) is 7.17. The minimum Gasteiger partial charge on any atom is -0.350 e. The zero-order valence-electron chi connectivity index (χ0n) is 12.0. The van der Waals surface area contributed by atoms with Gasteiger partial charge in [-0.05, 0) is 18.8 Å². The molecule has 2 aromatic heterocycles. The number of carbonyl (C=O) groups excluding carboxylic acids is 1. The third kappa shape index (κ3) is 2.21. The molecule has 1 amide bonds. The van der Waals surface area contributed by atoms with Gasteiger partial charge in [-0.3, -0.25) is 9.48 Å². The van der Waals surface area contributed by atoms with Crippen molar-refractivity contribution in [2.45, 2.75) is 33.7 Å². The number of H-pyrrole nitrogens is 1. The SMILES string of the molecule is CCn1cc(-c2nc3c([nH]2)CC(C)(C)CNC3=O)cn1. The highest BCUT2D eigenvalue weighted by Gasteiger charge is 2.30. The summed E-state index contributed by atoms with van der Waals surface area (Å²) in [5.74, 6) is 0.610. The predicted octanol–water partition coefficient (Wildman–Crippen LogP) is 1.61. The fourth-order valence-electron chi connectivity index (χ4n) is 2.46. The summed E-state index contributed by atoms with van der Waals surface area (Å²) in [7, 11) is 0. The molecule has 6 nitrogen and oxygen atoms in total. The molecule has 3 heterocycles. The second-order valence-corrected chi connectivity index (χ2v) is 6.02. The highest BCUT2D eigenvalue weighted by molar-refractivity contribution is 5.94. The van der Waals surface area contributed by atoms with E-state index in [1.54, 1.807) is 6.20 Å². The maximum absolute atomic E-state index is 12.1. The Morgan fingerprint density at radius 3 is 2.95 bits per heavy atom. The van der Waals surface area contributed by atoms with Gasteiger partial charge in [0.05, 0.1) is 11.8 Å². The van der Waals surface area contributed by atoms with Gasteiger partial charge in [0.15, 0.2) is 0 Å². The first-order chi connectivity index (χ1) is 9.48. The van der Waals surface area contributed by atoms with Gasteiger partial charge in [0, 0.05) is 25.0 Å². The lowest BCUT2D eigenvalue weighted by Gasteiger charge is -2.21. The molecule has 0 aliphatic carbocycles. The van der Waals surface area contributed by atoms with Gasteiger partial charge in [-0.2, -0.15) is 5.10 Å². The quantitative estimate of drug-likeness (QED) is 0.872. The molecule has 0 saturated carbocycles. The van der Waals surface area contributed by atoms with E-state index in [4.69, 9.17) is 0 Å². The van der Waals surface area contributed by atoms with Crippen molar-refractivity contribution in [2.24, 2.45) is 5.41 Å². The number of nitrogens with one attached hydrogen (secondary N) is 2. The van der Waals surface area contributed by atoms with E-state index in [2.05, 4.69) is 34.2 Å². The number of rotatable bonds is 2. The molecular formula is C14H19N5O. The molecule has 2 aromatic rings. The van der Waals surface area contributed by atoms with Gasteiger partial charge < -0.3 is 10.3 Å². The third-order valence-electron chi connectivity index (χ3n) is 3.61. The number of hydrogen-bond acceptors (Lipinski definition) is 3. The zero-order chi connectivity index (χ0) is 14.3. The summed E-state index contributed by atoms with van der Waals surface area (Å²) in [6, 6.07) is 0. The summed E-state index contributed by atoms with van der Waals surface area (Å²) < 4.78 is 1.84. The summed E-state index contributed by atoms with van der Waals surface area (Å²) >= 11 is 0. The van der Waals surface area contributed by atoms with Gasteiger partial charge in [0.25, 0.3) is 5.91 Å². The molecule has 1 aliphatic rings. The van der Waals surface area contributed by atoms with Gasteiger partial charge in [0.1, 0.15) is 11.5 Å². The second-order valence-electron chi connectivity index (χ2n) is 6.02. The molecule has 0 radical (unpaired) electrons. The normalized spacial score (nSPS) is 17.4. The first kappa shape index (κ1) is 12.9. The maximum atomic E-state index is 12.1. The standard InChI is InChI=1S/C14H19N5O/c1-4-19-7-9(6-16-19)12-17-10-5-14(2,3)8-15-13(20)11(10)18-12/h6-7H,4-5,8H2,1-3H3,(H,15,20)(H,17,18). The molecule has 0 fully saturated rings. The minimum absolute atomic E-state index is 0.0261. The van der Waals surface area contributed by atoms with Crippen molar-refractivity contribution in [1.82, 2.24) is 25.1 Å². The van der Waals surface area contributed by atoms with Crippen LogP contribution in [0.1, 0.15) is 37.0 Å². The van der Waals surface area contributed by atoms with E-state index in [1.807, 2.05) is 17.8 Å². The number of aromatic amines is 1. The number of nitrogens with zero attached hydrogens (tertiary/aromatic N) is 3. The average molecular weight is 273 g/mol. The van der Waals surface area contributed by atoms with Gasteiger partial charge in [0.2, 0.25) is 0 Å². The number of fused-ring (bicyclic) bond motifs is 1. The lowest BCUT2D eigenvalue weighted by Crippen LogP contribution is -2.32. The van der Waals surface area contributed by atoms with Crippen LogP contribution in [0.3, 0.4) is 0 Å². The topological polar surface area (TPSA) is 75.6 Å². The van der Waals surface area contributed by atoms with Crippen LogP contribution in [-0.2, 0) is 13.0 Å². The number of aryl methyl sites for hydroxylation is 1. The molecule has 106 valence electrons. The Labute approximate surface area is 117 Å². The van der Waals surface area contributed by atoms with Gasteiger partial charge in [-0.25, -0.2) is 4.98 Å². The smallest absolute Gasteiger partial charge is 0.271 e. The van der Waals surface area contributed by atoms with Crippen molar-refractivity contribution >= 4 is 5.91 Å². The minimum atomic E-state index is -0.101. The van der Waals surface area contributed by atoms with E-state index in [0.717, 1.165) is 24.2 Å². The Morgan fingerprint density at radius 2 is 2.25 bits per heavy atom. The number of aromatic nitrogens is 4. The van der Waals surface area contributed by atoms with Crippen molar-refractivity contribution in [1.29, 1.82) is 0 Å². The highest BCUT2D eigenvalue weighted by Crippen LogP contribution is 2.27. The van der Waals surface area contributed by atoms with E-state index in [1.165, 1.54) is 0 Å². The summed E-state index contributed by atoms with van der Waals surface area (Å²) in [5.41, 5.74) is 2.35. The third-order valence-corrected chi connectivity index (χ3v) is 3.61. The van der Waals surface area contributed by atoms with Crippen molar-refractivity contribution in [3.63, 3.8) is 0 Å². The fraction of sp³-hybridized carbons (Fsp3) is 0.500. The lowest BCUT2D eigenvalue weighted by atomic mass is 9.88. The molecule has 1 aliphatic heterocycles. The largest absolute Gasteiger partial charge is 0.350 e. The van der Waals surface area contributed by atoms with Crippen LogP contribution in [0.4, 0.5) is 0 Å². The van der Waals surface area contributed by atoms with Crippen molar-refractivity contribution in [3.05, 3.63) is 23.8 Å². The van der Waals surface area contributed by atoms with E-state index < -0.39 is 0 Å². The van der Waals surface area contributed by atoms with Crippen LogP contribution in [0.25, 0.3) is 11.4 Å². The zero-order valence-corrected chi connectivity index (χ0v) is 12.0. The Kier molecular flexibility index (Phi) is 2.88. The van der Waals surface area contributed by atoms with Crippen LogP contribution < -0.4 is 5.32 Å². The summed E-state index contributed by atoms with van der Waals surface area (Å²) in [4.78, 5) is 19.8. The molecule has 2 N–H and O–H groups in total. The van der Waals surface area contributed by atoms with Gasteiger partial charge >= 0.3 is 0 Å². The number of imidazole rings is 1. The monoisotopic (exact) mass is 273 g/mol. The molecule has 0 atom stereocenters. The fourth-order valence-corrected chi connectivity index (χ4v) is 2.46. The van der Waals surface area contributed by atoms with Crippen LogP contribution in [0.15, 0.2) is 12.4 Å². The van der Waals surface area contributed by atoms with Crippen molar-refractivity contribution in [2.75, 3.05) is 6.54 Å². The van der Waals surface area contributed by atoms with Crippen molar-refractivity contribution in [3.8, 4) is 11.4 Å². The Balaban J connectivity index is 2.01. The van der Waals surface area contributed by atoms with E-state index >= 15 is 0 Å². The molecule has 20 heavy (non-hydrogen) atoms. The molecular weight excluding hydrogens is 254 g/mol. The Bertz CT molecular complexity index is 652. The van der Waals surface area contributed by atoms with E-state index in [0.29, 0.717) is 18.1 Å². The second kappa shape index (κ2) is 4.47. The first-order valence-electron chi connectivity index (χ1n) is 6.88. The van der Waals surface area contributed by atoms with Crippen LogP contribution in [0.2, 0.25) is 0 Å². The van der Waals surface area contributed by atoms with Gasteiger partial charge in [-0.1, -0.05) is 13.8 Å². The number of hydrogen-bond donors (Lipinski definition) is 2. The Hall–Kier alpha value is -2.11. The Morgan fingerprint density at radius 1 is 1.45 bits per heavy atom. The summed E-state index contributed by atoms with van der Waals surface area (Å²) in [6.45, 7) is 7.78. The average Bonchev–Trinajstić information content (AvgIpc) is 2.99. The van der Waals surface area contributed by atoms with E-state index in [9.17, 15) is 4.79 Å². The molecule has 0 unspecified atom stereocenters. The molecule has 3 rings (SSSR count). The van der Waals surface area contributed by atoms with E-state index in [-0.39, 0.29) is 11.3 Å². The molecule has 0 aromatic carbocycles. The lowest BCUT2D eigenvalue weighted by molar-refractivity contribution is 0.0940. The number of carbonyl (C=O) groups is 1.